The number of fused-ring (bicyclic) bond motifs is 1. The molecule has 0 aliphatic rings. The largest absolute Gasteiger partial charge is 0.384 e. The van der Waals surface area contributed by atoms with Gasteiger partial charge in [0.2, 0.25) is 0 Å². The van der Waals surface area contributed by atoms with E-state index in [1.165, 1.54) is 5.56 Å². The first-order chi connectivity index (χ1) is 10.1. The van der Waals surface area contributed by atoms with Crippen molar-refractivity contribution in [1.29, 1.82) is 0 Å². The first-order valence-corrected chi connectivity index (χ1v) is 7.38. The Morgan fingerprint density at radius 3 is 2.24 bits per heavy atom. The molecule has 0 bridgehead atoms. The van der Waals surface area contributed by atoms with Crippen LogP contribution in [-0.2, 0) is 0 Å². The Bertz CT molecular complexity index is 808. The summed E-state index contributed by atoms with van der Waals surface area (Å²) in [6, 6.07) is 17.8. The molecule has 21 heavy (non-hydrogen) atoms. The molecule has 1 nitrogen and oxygen atoms in total. The topological polar surface area (TPSA) is 20.2 Å². The van der Waals surface area contributed by atoms with Gasteiger partial charge in [-0.2, -0.15) is 0 Å². The fraction of sp³-hybridized carbons (Fsp3) is 0.158. The van der Waals surface area contributed by atoms with Gasteiger partial charge in [0, 0.05) is 10.4 Å². The average Bonchev–Trinajstić information content (AvgIpc) is 2.47. The molecule has 0 fully saturated rings. The lowest BCUT2D eigenvalue weighted by molar-refractivity contribution is 0.221. The third-order valence-electron chi connectivity index (χ3n) is 3.92. The number of benzene rings is 3. The highest BCUT2D eigenvalue weighted by molar-refractivity contribution is 6.35. The normalized spacial score (nSPS) is 12.6. The van der Waals surface area contributed by atoms with E-state index in [1.54, 1.807) is 0 Å². The van der Waals surface area contributed by atoms with Crippen LogP contribution in [0.1, 0.15) is 28.4 Å². The van der Waals surface area contributed by atoms with Gasteiger partial charge in [0.05, 0.1) is 0 Å². The minimum atomic E-state index is -0.646. The first-order valence-electron chi connectivity index (χ1n) is 7.00. The van der Waals surface area contributed by atoms with Crippen LogP contribution in [0.5, 0.6) is 0 Å². The molecule has 0 aromatic heterocycles. The highest BCUT2D eigenvalue weighted by Crippen LogP contribution is 2.33. The predicted octanol–water partition coefficient (Wildman–Crippen LogP) is 5.19. The second kappa shape index (κ2) is 5.51. The van der Waals surface area contributed by atoms with E-state index >= 15 is 0 Å². The maximum absolute atomic E-state index is 10.8. The lowest BCUT2D eigenvalue weighted by Gasteiger charge is -2.17. The zero-order valence-corrected chi connectivity index (χ0v) is 12.9. The first kappa shape index (κ1) is 14.1. The standard InChI is InChI=1S/C19H17ClO/c1-12-7-8-14(13(2)11-12)19(21)17-9-10-18(20)16-6-4-3-5-15(16)17/h3-11,19,21H,1-2H3. The van der Waals surface area contributed by atoms with Gasteiger partial charge in [0.15, 0.2) is 0 Å². The van der Waals surface area contributed by atoms with Crippen molar-refractivity contribution in [2.45, 2.75) is 20.0 Å². The van der Waals surface area contributed by atoms with E-state index in [1.807, 2.05) is 55.5 Å². The number of aliphatic hydroxyl groups excluding tert-OH is 1. The predicted molar refractivity (Wildman–Crippen MR) is 88.9 cm³/mol. The number of aliphatic hydroxyl groups is 1. The summed E-state index contributed by atoms with van der Waals surface area (Å²) in [6.45, 7) is 4.09. The van der Waals surface area contributed by atoms with Crippen molar-refractivity contribution < 1.29 is 5.11 Å². The van der Waals surface area contributed by atoms with Crippen molar-refractivity contribution in [1.82, 2.24) is 0 Å². The number of rotatable bonds is 2. The van der Waals surface area contributed by atoms with Gasteiger partial charge in [0.1, 0.15) is 6.10 Å². The molecule has 0 spiro atoms. The molecule has 3 aromatic carbocycles. The highest BCUT2D eigenvalue weighted by atomic mass is 35.5. The van der Waals surface area contributed by atoms with Crippen LogP contribution in [0.15, 0.2) is 54.6 Å². The quantitative estimate of drug-likeness (QED) is 0.690. The summed E-state index contributed by atoms with van der Waals surface area (Å²) in [6.07, 6.45) is -0.646. The zero-order chi connectivity index (χ0) is 15.0. The maximum Gasteiger partial charge on any atom is 0.105 e. The number of aryl methyl sites for hydroxylation is 2. The van der Waals surface area contributed by atoms with E-state index in [0.717, 1.165) is 27.5 Å². The van der Waals surface area contributed by atoms with Crippen molar-refractivity contribution in [3.63, 3.8) is 0 Å². The zero-order valence-electron chi connectivity index (χ0n) is 12.1. The molecule has 3 aromatic rings. The van der Waals surface area contributed by atoms with Crippen LogP contribution in [0, 0.1) is 13.8 Å². The summed E-state index contributed by atoms with van der Waals surface area (Å²) in [4.78, 5) is 0. The number of hydrogen-bond acceptors (Lipinski definition) is 1. The number of halogens is 1. The van der Waals surface area contributed by atoms with Crippen LogP contribution in [0.3, 0.4) is 0 Å². The van der Waals surface area contributed by atoms with E-state index in [-0.39, 0.29) is 0 Å². The van der Waals surface area contributed by atoms with Gasteiger partial charge in [-0.05, 0) is 42.0 Å². The van der Waals surface area contributed by atoms with E-state index in [2.05, 4.69) is 13.0 Å². The molecule has 2 heteroatoms. The minimum Gasteiger partial charge on any atom is -0.384 e. The Morgan fingerprint density at radius 1 is 0.857 bits per heavy atom. The van der Waals surface area contributed by atoms with Crippen molar-refractivity contribution in [2.24, 2.45) is 0 Å². The molecule has 3 rings (SSSR count). The lowest BCUT2D eigenvalue weighted by Crippen LogP contribution is -2.03. The van der Waals surface area contributed by atoms with Crippen LogP contribution in [0.25, 0.3) is 10.8 Å². The van der Waals surface area contributed by atoms with Gasteiger partial charge in [-0.1, -0.05) is 65.7 Å². The summed E-state index contributed by atoms with van der Waals surface area (Å²) >= 11 is 6.25. The molecule has 0 radical (unpaired) electrons. The van der Waals surface area contributed by atoms with E-state index in [9.17, 15) is 5.11 Å². The van der Waals surface area contributed by atoms with Crippen LogP contribution in [0.4, 0.5) is 0 Å². The summed E-state index contributed by atoms with van der Waals surface area (Å²) in [5.41, 5.74) is 4.13. The van der Waals surface area contributed by atoms with Crippen molar-refractivity contribution >= 4 is 22.4 Å². The summed E-state index contributed by atoms with van der Waals surface area (Å²) in [7, 11) is 0. The second-order valence-corrected chi connectivity index (χ2v) is 5.85. The third kappa shape index (κ3) is 2.55. The Kier molecular flexibility index (Phi) is 3.71. The van der Waals surface area contributed by atoms with Crippen LogP contribution >= 0.6 is 11.6 Å². The Labute approximate surface area is 129 Å². The average molecular weight is 297 g/mol. The summed E-state index contributed by atoms with van der Waals surface area (Å²) in [5.74, 6) is 0. The van der Waals surface area contributed by atoms with Gasteiger partial charge in [-0.25, -0.2) is 0 Å². The Hall–Kier alpha value is -1.83. The molecule has 0 saturated carbocycles. The molecule has 106 valence electrons. The molecule has 1 atom stereocenters. The molecular weight excluding hydrogens is 280 g/mol. The minimum absolute atomic E-state index is 0.646. The molecule has 1 unspecified atom stereocenters. The third-order valence-corrected chi connectivity index (χ3v) is 4.25. The van der Waals surface area contributed by atoms with Crippen LogP contribution < -0.4 is 0 Å². The van der Waals surface area contributed by atoms with Crippen LogP contribution in [-0.4, -0.2) is 5.11 Å². The monoisotopic (exact) mass is 296 g/mol. The molecule has 0 saturated heterocycles. The molecule has 0 aliphatic heterocycles. The Balaban J connectivity index is 2.18. The van der Waals surface area contributed by atoms with Gasteiger partial charge >= 0.3 is 0 Å². The molecule has 0 heterocycles. The van der Waals surface area contributed by atoms with E-state index in [0.29, 0.717) is 5.02 Å². The summed E-state index contributed by atoms with van der Waals surface area (Å²) < 4.78 is 0. The second-order valence-electron chi connectivity index (χ2n) is 5.44. The van der Waals surface area contributed by atoms with Crippen molar-refractivity contribution in [2.75, 3.05) is 0 Å². The van der Waals surface area contributed by atoms with Gasteiger partial charge < -0.3 is 5.11 Å². The smallest absolute Gasteiger partial charge is 0.105 e. The fourth-order valence-corrected chi connectivity index (χ4v) is 3.05. The lowest BCUT2D eigenvalue weighted by atomic mass is 9.93. The van der Waals surface area contributed by atoms with Gasteiger partial charge in [0.25, 0.3) is 0 Å². The van der Waals surface area contributed by atoms with E-state index in [4.69, 9.17) is 11.6 Å². The molecule has 0 aliphatic carbocycles. The maximum atomic E-state index is 10.8. The SMILES string of the molecule is Cc1ccc(C(O)c2ccc(Cl)c3ccccc23)c(C)c1. The Morgan fingerprint density at radius 2 is 1.52 bits per heavy atom. The van der Waals surface area contributed by atoms with Crippen LogP contribution in [0.2, 0.25) is 5.02 Å². The van der Waals surface area contributed by atoms with Gasteiger partial charge in [-0.3, -0.25) is 0 Å². The summed E-state index contributed by atoms with van der Waals surface area (Å²) in [5, 5.41) is 13.5. The molecular formula is C19H17ClO. The fourth-order valence-electron chi connectivity index (χ4n) is 2.82. The van der Waals surface area contributed by atoms with Crippen molar-refractivity contribution in [3.05, 3.63) is 81.9 Å². The van der Waals surface area contributed by atoms with E-state index < -0.39 is 6.10 Å². The molecule has 0 amide bonds. The highest BCUT2D eigenvalue weighted by Gasteiger charge is 2.16. The number of hydrogen-bond donors (Lipinski definition) is 1. The van der Waals surface area contributed by atoms with Gasteiger partial charge in [-0.15, -0.1) is 0 Å². The molecule has 1 N–H and O–H groups in total. The van der Waals surface area contributed by atoms with Crippen molar-refractivity contribution in [3.8, 4) is 0 Å².